The second-order valence-electron chi connectivity index (χ2n) is 8.35. The van der Waals surface area contributed by atoms with E-state index in [-0.39, 0.29) is 29.2 Å². The Bertz CT molecular complexity index is 1260. The van der Waals surface area contributed by atoms with Gasteiger partial charge in [-0.1, -0.05) is 24.8 Å². The molecule has 1 aliphatic heterocycles. The normalized spacial score (nSPS) is 24.2. The number of carbonyl (C=O) groups excluding carboxylic acids is 1. The predicted octanol–water partition coefficient (Wildman–Crippen LogP) is 2.42. The van der Waals surface area contributed by atoms with Gasteiger partial charge in [-0.3, -0.25) is 4.79 Å². The first-order chi connectivity index (χ1) is 17.4. The van der Waals surface area contributed by atoms with Crippen LogP contribution in [0.5, 0.6) is 11.5 Å². The summed E-state index contributed by atoms with van der Waals surface area (Å²) in [6, 6.07) is 10.3. The molecule has 0 radical (unpaired) electrons. The van der Waals surface area contributed by atoms with E-state index in [4.69, 9.17) is 18.6 Å². The summed E-state index contributed by atoms with van der Waals surface area (Å²) < 4.78 is 22.2. The van der Waals surface area contributed by atoms with Gasteiger partial charge in [0.05, 0.1) is 25.5 Å². The first-order valence-corrected chi connectivity index (χ1v) is 11.3. The van der Waals surface area contributed by atoms with E-state index in [2.05, 4.69) is 6.58 Å². The number of fused-ring (bicyclic) bond motifs is 1. The molecule has 0 saturated carbocycles. The number of carbonyl (C=O) groups is 1. The summed E-state index contributed by atoms with van der Waals surface area (Å²) in [4.78, 5) is 13.3. The number of ketones is 1. The fourth-order valence-electron chi connectivity index (χ4n) is 4.15. The van der Waals surface area contributed by atoms with Crippen LogP contribution in [0.2, 0.25) is 0 Å². The quantitative estimate of drug-likeness (QED) is 0.200. The summed E-state index contributed by atoms with van der Waals surface area (Å²) in [6.45, 7) is 3.18. The third-order valence-corrected chi connectivity index (χ3v) is 6.06. The van der Waals surface area contributed by atoms with Crippen LogP contribution in [0, 0.1) is 0 Å². The summed E-state index contributed by atoms with van der Waals surface area (Å²) in [5, 5.41) is 41.5. The van der Waals surface area contributed by atoms with E-state index in [1.54, 1.807) is 12.3 Å². The predicted molar refractivity (Wildman–Crippen MR) is 131 cm³/mol. The molecular formula is C27H28O9. The highest BCUT2D eigenvalue weighted by Crippen LogP contribution is 2.40. The molecule has 9 heteroatoms. The monoisotopic (exact) mass is 496 g/mol. The fourth-order valence-corrected chi connectivity index (χ4v) is 4.15. The zero-order chi connectivity index (χ0) is 25.8. The standard InChI is InChI=1S/C27H28O9/c1-3-9-34-22-13-21(33-2)18(27-26(32)25(31)24(30)23(14-28)36-27)12-17(22)19(29)6-4-15-5-7-20-16(11-15)8-10-35-20/h3-8,10-13,23-28,30-32H,1,9,14H2,2H3/b6-4+. The summed E-state index contributed by atoms with van der Waals surface area (Å²) in [6.07, 6.45) is -0.790. The zero-order valence-electron chi connectivity index (χ0n) is 19.6. The number of furan rings is 1. The molecular weight excluding hydrogens is 468 g/mol. The Morgan fingerprint density at radius 2 is 1.89 bits per heavy atom. The van der Waals surface area contributed by atoms with Gasteiger partial charge in [0.15, 0.2) is 5.78 Å². The average molecular weight is 497 g/mol. The minimum atomic E-state index is -1.58. The van der Waals surface area contributed by atoms with Gasteiger partial charge in [0.25, 0.3) is 0 Å². The summed E-state index contributed by atoms with van der Waals surface area (Å²) >= 11 is 0. The molecule has 0 amide bonds. The van der Waals surface area contributed by atoms with Crippen molar-refractivity contribution in [2.75, 3.05) is 20.3 Å². The fraction of sp³-hybridized carbons (Fsp3) is 0.296. The molecule has 0 spiro atoms. The van der Waals surface area contributed by atoms with Crippen LogP contribution in [0.25, 0.3) is 17.0 Å². The van der Waals surface area contributed by atoms with Gasteiger partial charge in [-0.2, -0.15) is 0 Å². The molecule has 2 aromatic carbocycles. The van der Waals surface area contributed by atoms with Crippen molar-refractivity contribution in [2.45, 2.75) is 30.5 Å². The minimum absolute atomic E-state index is 0.129. The zero-order valence-corrected chi connectivity index (χ0v) is 19.6. The Morgan fingerprint density at radius 1 is 1.08 bits per heavy atom. The second kappa shape index (κ2) is 11.1. The lowest BCUT2D eigenvalue weighted by Gasteiger charge is -2.40. The number of aliphatic hydroxyl groups is 4. The van der Waals surface area contributed by atoms with Crippen molar-refractivity contribution in [2.24, 2.45) is 0 Å². The topological polar surface area (TPSA) is 139 Å². The van der Waals surface area contributed by atoms with Crippen LogP contribution in [-0.2, 0) is 4.74 Å². The van der Waals surface area contributed by atoms with Crippen molar-refractivity contribution in [3.63, 3.8) is 0 Å². The van der Waals surface area contributed by atoms with Crippen molar-refractivity contribution < 1.29 is 43.8 Å². The van der Waals surface area contributed by atoms with E-state index in [1.807, 2.05) is 24.3 Å². The van der Waals surface area contributed by atoms with Gasteiger partial charge in [-0.05, 0) is 35.9 Å². The highest BCUT2D eigenvalue weighted by Gasteiger charge is 2.45. The third-order valence-electron chi connectivity index (χ3n) is 6.06. The van der Waals surface area contributed by atoms with Gasteiger partial charge >= 0.3 is 0 Å². The minimum Gasteiger partial charge on any atom is -0.496 e. The molecule has 9 nitrogen and oxygen atoms in total. The lowest BCUT2D eigenvalue weighted by atomic mass is 9.89. The van der Waals surface area contributed by atoms with Crippen LogP contribution in [0.15, 0.2) is 65.8 Å². The van der Waals surface area contributed by atoms with Crippen molar-refractivity contribution in [1.29, 1.82) is 0 Å². The van der Waals surface area contributed by atoms with Crippen LogP contribution in [0.1, 0.15) is 27.6 Å². The summed E-state index contributed by atoms with van der Waals surface area (Å²) in [5.41, 5.74) is 1.92. The van der Waals surface area contributed by atoms with Crippen molar-refractivity contribution in [1.82, 2.24) is 0 Å². The first-order valence-electron chi connectivity index (χ1n) is 11.3. The highest BCUT2D eigenvalue weighted by atomic mass is 16.5. The van der Waals surface area contributed by atoms with Crippen molar-refractivity contribution >= 4 is 22.8 Å². The van der Waals surface area contributed by atoms with E-state index < -0.39 is 42.9 Å². The number of aliphatic hydroxyl groups excluding tert-OH is 4. The Kier molecular flexibility index (Phi) is 7.88. The van der Waals surface area contributed by atoms with Gasteiger partial charge in [0, 0.05) is 17.0 Å². The molecule has 5 unspecified atom stereocenters. The van der Waals surface area contributed by atoms with Gasteiger partial charge in [0.1, 0.15) is 54.2 Å². The molecule has 2 heterocycles. The van der Waals surface area contributed by atoms with Gasteiger partial charge in [-0.25, -0.2) is 0 Å². The molecule has 0 bridgehead atoms. The van der Waals surface area contributed by atoms with Gasteiger partial charge < -0.3 is 39.1 Å². The number of methoxy groups -OCH3 is 1. The average Bonchev–Trinajstić information content (AvgIpc) is 3.37. The molecule has 190 valence electrons. The maximum absolute atomic E-state index is 13.3. The Morgan fingerprint density at radius 3 is 2.61 bits per heavy atom. The first kappa shape index (κ1) is 25.6. The molecule has 3 aromatic rings. The van der Waals surface area contributed by atoms with E-state index in [0.29, 0.717) is 0 Å². The molecule has 4 N–H and O–H groups in total. The number of allylic oxidation sites excluding steroid dienone is 1. The summed E-state index contributed by atoms with van der Waals surface area (Å²) in [5.74, 6) is 0.0548. The van der Waals surface area contributed by atoms with E-state index in [0.717, 1.165) is 16.5 Å². The maximum Gasteiger partial charge on any atom is 0.189 e. The van der Waals surface area contributed by atoms with E-state index >= 15 is 0 Å². The van der Waals surface area contributed by atoms with Crippen molar-refractivity contribution in [3.05, 3.63) is 78.1 Å². The van der Waals surface area contributed by atoms with Crippen molar-refractivity contribution in [3.8, 4) is 11.5 Å². The van der Waals surface area contributed by atoms with Crippen LogP contribution >= 0.6 is 0 Å². The summed E-state index contributed by atoms with van der Waals surface area (Å²) in [7, 11) is 1.40. The van der Waals surface area contributed by atoms with E-state index in [9.17, 15) is 25.2 Å². The third kappa shape index (κ3) is 5.06. The molecule has 1 saturated heterocycles. The largest absolute Gasteiger partial charge is 0.496 e. The lowest BCUT2D eigenvalue weighted by Crippen LogP contribution is -2.55. The smallest absolute Gasteiger partial charge is 0.189 e. The SMILES string of the molecule is C=CCOc1cc(OC)c(C2OC(CO)C(O)C(O)C2O)cc1C(=O)/C=C/c1ccc2occc2c1. The van der Waals surface area contributed by atoms with Crippen LogP contribution < -0.4 is 9.47 Å². The van der Waals surface area contributed by atoms with Gasteiger partial charge in [0.2, 0.25) is 0 Å². The molecule has 1 aromatic heterocycles. The van der Waals surface area contributed by atoms with Crippen LogP contribution in [-0.4, -0.2) is 70.9 Å². The molecule has 36 heavy (non-hydrogen) atoms. The maximum atomic E-state index is 13.3. The van der Waals surface area contributed by atoms with Gasteiger partial charge in [-0.15, -0.1) is 0 Å². The van der Waals surface area contributed by atoms with Crippen LogP contribution in [0.3, 0.4) is 0 Å². The number of hydrogen-bond donors (Lipinski definition) is 4. The van der Waals surface area contributed by atoms with Crippen LogP contribution in [0.4, 0.5) is 0 Å². The second-order valence-corrected chi connectivity index (χ2v) is 8.35. The lowest BCUT2D eigenvalue weighted by molar-refractivity contribution is -0.232. The number of hydrogen-bond acceptors (Lipinski definition) is 9. The Balaban J connectivity index is 1.72. The number of rotatable bonds is 9. The number of ether oxygens (including phenoxy) is 3. The highest BCUT2D eigenvalue weighted by molar-refractivity contribution is 6.09. The number of benzene rings is 2. The van der Waals surface area contributed by atoms with E-state index in [1.165, 1.54) is 31.4 Å². The molecule has 4 rings (SSSR count). The molecule has 1 fully saturated rings. The molecule has 1 aliphatic rings. The molecule has 0 aliphatic carbocycles. The molecule has 5 atom stereocenters. The Hall–Kier alpha value is -3.47. The Labute approximate surface area is 207 Å².